The van der Waals surface area contributed by atoms with Crippen molar-refractivity contribution in [2.75, 3.05) is 50.2 Å². The number of nitrogens with two attached hydrogens (primary N) is 1. The fourth-order valence-corrected chi connectivity index (χ4v) is 3.51. The molecule has 9 heteroatoms. The SMILES string of the molecule is Nc1cccc(-c2cc(N3CCOCC3)n3nc(C(=O)NC4COC4)cc3n2)c1. The van der Waals surface area contributed by atoms with E-state index in [0.29, 0.717) is 43.5 Å². The van der Waals surface area contributed by atoms with Gasteiger partial charge in [0, 0.05) is 36.5 Å². The number of morpholine rings is 1. The molecule has 2 aromatic heterocycles. The molecule has 1 aromatic carbocycles. The lowest BCUT2D eigenvalue weighted by atomic mass is 10.1. The number of anilines is 2. The van der Waals surface area contributed by atoms with E-state index in [0.717, 1.165) is 30.2 Å². The summed E-state index contributed by atoms with van der Waals surface area (Å²) in [5, 5.41) is 7.47. The van der Waals surface area contributed by atoms with E-state index < -0.39 is 0 Å². The highest BCUT2D eigenvalue weighted by Gasteiger charge is 2.24. The lowest BCUT2D eigenvalue weighted by Gasteiger charge is -2.29. The smallest absolute Gasteiger partial charge is 0.272 e. The summed E-state index contributed by atoms with van der Waals surface area (Å²) in [6, 6.07) is 11.4. The Kier molecular flexibility index (Phi) is 4.53. The van der Waals surface area contributed by atoms with Crippen LogP contribution in [-0.2, 0) is 9.47 Å². The van der Waals surface area contributed by atoms with Crippen LogP contribution in [0.2, 0.25) is 0 Å². The van der Waals surface area contributed by atoms with Gasteiger partial charge >= 0.3 is 0 Å². The maximum Gasteiger partial charge on any atom is 0.272 e. The highest BCUT2D eigenvalue weighted by Crippen LogP contribution is 2.27. The monoisotopic (exact) mass is 394 g/mol. The maximum atomic E-state index is 12.6. The second-order valence-electron chi connectivity index (χ2n) is 7.23. The van der Waals surface area contributed by atoms with Crippen molar-refractivity contribution in [3.63, 3.8) is 0 Å². The van der Waals surface area contributed by atoms with Crippen molar-refractivity contribution in [2.24, 2.45) is 0 Å². The number of hydrogen-bond acceptors (Lipinski definition) is 7. The summed E-state index contributed by atoms with van der Waals surface area (Å²) in [7, 11) is 0. The molecule has 4 heterocycles. The van der Waals surface area contributed by atoms with E-state index >= 15 is 0 Å². The molecule has 1 amide bonds. The third-order valence-corrected chi connectivity index (χ3v) is 5.13. The van der Waals surface area contributed by atoms with Gasteiger partial charge in [-0.25, -0.2) is 4.98 Å². The van der Waals surface area contributed by atoms with Gasteiger partial charge in [0.15, 0.2) is 11.3 Å². The summed E-state index contributed by atoms with van der Waals surface area (Å²) in [6.07, 6.45) is 0. The Morgan fingerprint density at radius 3 is 2.69 bits per heavy atom. The first-order chi connectivity index (χ1) is 14.2. The Morgan fingerprint density at radius 2 is 1.97 bits per heavy atom. The number of carbonyl (C=O) groups excluding carboxylic acids is 1. The molecule has 2 aliphatic rings. The normalized spacial score (nSPS) is 17.3. The number of nitrogens with one attached hydrogen (secondary N) is 1. The van der Waals surface area contributed by atoms with E-state index in [4.69, 9.17) is 20.2 Å². The largest absolute Gasteiger partial charge is 0.399 e. The second-order valence-corrected chi connectivity index (χ2v) is 7.23. The molecular weight excluding hydrogens is 372 g/mol. The molecule has 0 aliphatic carbocycles. The molecule has 0 spiro atoms. The Bertz CT molecular complexity index is 1060. The zero-order valence-electron chi connectivity index (χ0n) is 15.9. The van der Waals surface area contributed by atoms with Crippen LogP contribution in [0, 0.1) is 0 Å². The molecule has 3 aromatic rings. The number of nitrogen functional groups attached to an aromatic ring is 1. The summed E-state index contributed by atoms with van der Waals surface area (Å²) >= 11 is 0. The van der Waals surface area contributed by atoms with Gasteiger partial charge in [0.05, 0.1) is 38.2 Å². The maximum absolute atomic E-state index is 12.6. The molecule has 0 saturated carbocycles. The van der Waals surface area contributed by atoms with Crippen molar-refractivity contribution >= 4 is 23.1 Å². The van der Waals surface area contributed by atoms with Crippen LogP contribution in [-0.4, -0.2) is 66.1 Å². The standard InChI is InChI=1S/C20H22N6O3/c21-14-3-1-2-13(8-14)16-10-19(25-4-6-28-7-5-25)26-18(23-16)9-17(24-26)20(27)22-15-11-29-12-15/h1-3,8-10,15H,4-7,11-12,21H2,(H,22,27). The molecule has 0 unspecified atom stereocenters. The van der Waals surface area contributed by atoms with Crippen LogP contribution in [0.25, 0.3) is 16.9 Å². The third kappa shape index (κ3) is 3.50. The van der Waals surface area contributed by atoms with Crippen LogP contribution < -0.4 is 16.0 Å². The molecule has 150 valence electrons. The van der Waals surface area contributed by atoms with Crippen molar-refractivity contribution in [1.29, 1.82) is 0 Å². The van der Waals surface area contributed by atoms with Crippen molar-refractivity contribution in [2.45, 2.75) is 6.04 Å². The fourth-order valence-electron chi connectivity index (χ4n) is 3.51. The van der Waals surface area contributed by atoms with Crippen LogP contribution in [0.15, 0.2) is 36.4 Å². The molecule has 29 heavy (non-hydrogen) atoms. The highest BCUT2D eigenvalue weighted by atomic mass is 16.5. The van der Waals surface area contributed by atoms with Gasteiger partial charge < -0.3 is 25.4 Å². The fraction of sp³-hybridized carbons (Fsp3) is 0.350. The van der Waals surface area contributed by atoms with Crippen molar-refractivity contribution in [3.8, 4) is 11.3 Å². The third-order valence-electron chi connectivity index (χ3n) is 5.13. The van der Waals surface area contributed by atoms with Crippen LogP contribution in [0.4, 0.5) is 11.5 Å². The molecule has 0 bridgehead atoms. The first-order valence-corrected chi connectivity index (χ1v) is 9.65. The molecule has 2 fully saturated rings. The van der Waals surface area contributed by atoms with Crippen LogP contribution in [0.3, 0.4) is 0 Å². The van der Waals surface area contributed by atoms with E-state index in [-0.39, 0.29) is 11.9 Å². The van der Waals surface area contributed by atoms with Crippen LogP contribution >= 0.6 is 0 Å². The van der Waals surface area contributed by atoms with E-state index in [1.54, 1.807) is 10.6 Å². The van der Waals surface area contributed by atoms with Gasteiger partial charge in [-0.3, -0.25) is 4.79 Å². The van der Waals surface area contributed by atoms with Gasteiger partial charge in [0.2, 0.25) is 0 Å². The van der Waals surface area contributed by atoms with Crippen molar-refractivity contribution in [1.82, 2.24) is 19.9 Å². The average molecular weight is 394 g/mol. The van der Waals surface area contributed by atoms with E-state index in [2.05, 4.69) is 15.3 Å². The Labute approximate surface area is 167 Å². The van der Waals surface area contributed by atoms with Crippen LogP contribution in [0.1, 0.15) is 10.5 Å². The van der Waals surface area contributed by atoms with Crippen molar-refractivity contribution in [3.05, 3.63) is 42.1 Å². The number of ether oxygens (including phenoxy) is 2. The van der Waals surface area contributed by atoms with E-state index in [1.165, 1.54) is 0 Å². The molecule has 3 N–H and O–H groups in total. The lowest BCUT2D eigenvalue weighted by molar-refractivity contribution is -0.00355. The first kappa shape index (κ1) is 17.9. The molecule has 9 nitrogen and oxygen atoms in total. The summed E-state index contributed by atoms with van der Waals surface area (Å²) in [4.78, 5) is 19.5. The van der Waals surface area contributed by atoms with E-state index in [9.17, 15) is 4.79 Å². The minimum absolute atomic E-state index is 0.0434. The number of fused-ring (bicyclic) bond motifs is 1. The summed E-state index contributed by atoms with van der Waals surface area (Å²) in [5.74, 6) is 0.656. The number of aromatic nitrogens is 3. The predicted octanol–water partition coefficient (Wildman–Crippen LogP) is 0.944. The van der Waals surface area contributed by atoms with Gasteiger partial charge in [-0.05, 0) is 12.1 Å². The Hall–Kier alpha value is -3.17. The Balaban J connectivity index is 1.58. The molecule has 0 radical (unpaired) electrons. The van der Waals surface area contributed by atoms with Gasteiger partial charge in [-0.1, -0.05) is 12.1 Å². The summed E-state index contributed by atoms with van der Waals surface area (Å²) in [5.41, 5.74) is 9.29. The minimum Gasteiger partial charge on any atom is -0.399 e. The van der Waals surface area contributed by atoms with Gasteiger partial charge in [-0.15, -0.1) is 0 Å². The highest BCUT2D eigenvalue weighted by molar-refractivity contribution is 5.93. The number of carbonyl (C=O) groups is 1. The topological polar surface area (TPSA) is 107 Å². The molecule has 5 rings (SSSR count). The molecular formula is C20H22N6O3. The summed E-state index contributed by atoms with van der Waals surface area (Å²) < 4.78 is 12.3. The molecule has 2 saturated heterocycles. The Morgan fingerprint density at radius 1 is 1.14 bits per heavy atom. The number of benzene rings is 1. The van der Waals surface area contributed by atoms with Crippen LogP contribution in [0.5, 0.6) is 0 Å². The first-order valence-electron chi connectivity index (χ1n) is 9.65. The van der Waals surface area contributed by atoms with Gasteiger partial charge in [-0.2, -0.15) is 9.61 Å². The predicted molar refractivity (Wildman–Crippen MR) is 108 cm³/mol. The van der Waals surface area contributed by atoms with Gasteiger partial charge in [0.25, 0.3) is 5.91 Å². The minimum atomic E-state index is -0.220. The van der Waals surface area contributed by atoms with Gasteiger partial charge in [0.1, 0.15) is 5.82 Å². The second kappa shape index (κ2) is 7.34. The number of amides is 1. The molecule has 2 aliphatic heterocycles. The zero-order valence-corrected chi connectivity index (χ0v) is 15.9. The van der Waals surface area contributed by atoms with E-state index in [1.807, 2.05) is 30.3 Å². The average Bonchev–Trinajstić information content (AvgIpc) is 3.15. The number of rotatable bonds is 4. The number of nitrogens with zero attached hydrogens (tertiary/aromatic N) is 4. The quantitative estimate of drug-likeness (QED) is 0.634. The lowest BCUT2D eigenvalue weighted by Crippen LogP contribution is -2.48. The molecule has 0 atom stereocenters. The van der Waals surface area contributed by atoms with Crippen molar-refractivity contribution < 1.29 is 14.3 Å². The zero-order chi connectivity index (χ0) is 19.8. The summed E-state index contributed by atoms with van der Waals surface area (Å²) in [6.45, 7) is 3.86. The number of hydrogen-bond donors (Lipinski definition) is 2.